The fourth-order valence-corrected chi connectivity index (χ4v) is 4.30. The fourth-order valence-electron chi connectivity index (χ4n) is 3.00. The highest BCUT2D eigenvalue weighted by Crippen LogP contribution is 2.30. The predicted molar refractivity (Wildman–Crippen MR) is 131 cm³/mol. The molecule has 0 unspecified atom stereocenters. The Balaban J connectivity index is 1.70. The highest BCUT2D eigenvalue weighted by Gasteiger charge is 2.18. The molecule has 0 saturated heterocycles. The zero-order valence-electron chi connectivity index (χ0n) is 17.4. The number of thiocarbonyl (C=S) groups is 1. The predicted octanol–water partition coefficient (Wildman–Crippen LogP) is 5.40. The van der Waals surface area contributed by atoms with Crippen LogP contribution < -0.4 is 16.0 Å². The summed E-state index contributed by atoms with van der Waals surface area (Å²) in [7, 11) is -4.45. The molecule has 33 heavy (non-hydrogen) atoms. The van der Waals surface area contributed by atoms with Crippen LogP contribution in [-0.2, 0) is 10.1 Å². The van der Waals surface area contributed by atoms with Gasteiger partial charge in [-0.05, 0) is 79.7 Å². The molecule has 0 aliphatic heterocycles. The van der Waals surface area contributed by atoms with Crippen LogP contribution in [0.5, 0.6) is 0 Å². The smallest absolute Gasteiger partial charge is 0.296 e. The molecule has 3 aromatic carbocycles. The van der Waals surface area contributed by atoms with E-state index in [1.807, 2.05) is 0 Å². The molecule has 172 valence electrons. The summed E-state index contributed by atoms with van der Waals surface area (Å²) < 4.78 is 45.8. The summed E-state index contributed by atoms with van der Waals surface area (Å²) in [6.07, 6.45) is 0. The van der Waals surface area contributed by atoms with Gasteiger partial charge in [-0.15, -0.1) is 0 Å². The monoisotopic (exact) mass is 507 g/mol. The summed E-state index contributed by atoms with van der Waals surface area (Å²) in [5.74, 6) is -1.17. The number of rotatable bonds is 5. The average molecular weight is 508 g/mol. The number of anilines is 3. The minimum Gasteiger partial charge on any atom is -0.332 e. The van der Waals surface area contributed by atoms with Crippen molar-refractivity contribution in [1.29, 1.82) is 0 Å². The van der Waals surface area contributed by atoms with Crippen molar-refractivity contribution < 1.29 is 22.2 Å². The lowest BCUT2D eigenvalue weighted by Crippen LogP contribution is -2.20. The fraction of sp³-hybridized carbons (Fsp3) is 0.0909. The standard InChI is InChI=1S/C22H19ClFN3O4S2/c1-12-11-14(7-8-17(12)26-21(28)15-5-3-4-6-16(15)24)25-22(32)27-18-9-10-19(33(29,30)31)20(23)13(18)2/h3-11H,1-2H3,(H,26,28)(H2,25,27,32)(H,29,30,31). The van der Waals surface area contributed by atoms with Crippen molar-refractivity contribution in [3.05, 3.63) is 82.1 Å². The largest absolute Gasteiger partial charge is 0.332 e. The van der Waals surface area contributed by atoms with Crippen molar-refractivity contribution in [3.8, 4) is 0 Å². The van der Waals surface area contributed by atoms with Gasteiger partial charge in [0.15, 0.2) is 5.11 Å². The number of carbonyl (C=O) groups excluding carboxylic acids is 1. The van der Waals surface area contributed by atoms with Crippen LogP contribution in [0, 0.1) is 19.7 Å². The molecule has 7 nitrogen and oxygen atoms in total. The lowest BCUT2D eigenvalue weighted by molar-refractivity contribution is 0.102. The Kier molecular flexibility index (Phi) is 7.33. The minimum absolute atomic E-state index is 0.0569. The molecule has 0 fully saturated rings. The molecule has 3 rings (SSSR count). The van der Waals surface area contributed by atoms with E-state index < -0.39 is 26.7 Å². The number of amides is 1. The maximum atomic E-state index is 13.8. The number of benzene rings is 3. The van der Waals surface area contributed by atoms with E-state index in [0.717, 1.165) is 0 Å². The van der Waals surface area contributed by atoms with Gasteiger partial charge in [0.25, 0.3) is 16.0 Å². The van der Waals surface area contributed by atoms with E-state index in [4.69, 9.17) is 23.8 Å². The molecule has 0 heterocycles. The van der Waals surface area contributed by atoms with E-state index in [-0.39, 0.29) is 15.7 Å². The molecule has 0 aliphatic carbocycles. The lowest BCUT2D eigenvalue weighted by atomic mass is 10.1. The number of hydrogen-bond acceptors (Lipinski definition) is 4. The molecule has 0 bridgehead atoms. The van der Waals surface area contributed by atoms with Gasteiger partial charge in [-0.2, -0.15) is 8.42 Å². The van der Waals surface area contributed by atoms with Crippen LogP contribution in [0.15, 0.2) is 59.5 Å². The van der Waals surface area contributed by atoms with Crippen molar-refractivity contribution >= 4 is 62.0 Å². The lowest BCUT2D eigenvalue weighted by Gasteiger charge is -2.16. The zero-order valence-corrected chi connectivity index (χ0v) is 19.8. The molecule has 4 N–H and O–H groups in total. The third-order valence-electron chi connectivity index (χ3n) is 4.73. The van der Waals surface area contributed by atoms with Crippen LogP contribution >= 0.6 is 23.8 Å². The zero-order chi connectivity index (χ0) is 24.3. The first-order valence-electron chi connectivity index (χ1n) is 9.48. The third kappa shape index (κ3) is 5.85. The molecule has 3 aromatic rings. The third-order valence-corrected chi connectivity index (χ3v) is 6.43. The molecular formula is C22H19ClFN3O4S2. The molecule has 0 spiro atoms. The molecule has 0 aromatic heterocycles. The van der Waals surface area contributed by atoms with Crippen LogP contribution in [0.4, 0.5) is 21.5 Å². The maximum Gasteiger partial charge on any atom is 0.296 e. The van der Waals surface area contributed by atoms with Gasteiger partial charge in [-0.1, -0.05) is 23.7 Å². The number of hydrogen-bond donors (Lipinski definition) is 4. The van der Waals surface area contributed by atoms with Crippen molar-refractivity contribution in [1.82, 2.24) is 0 Å². The van der Waals surface area contributed by atoms with Gasteiger partial charge < -0.3 is 16.0 Å². The van der Waals surface area contributed by atoms with E-state index in [1.54, 1.807) is 38.1 Å². The van der Waals surface area contributed by atoms with Crippen LogP contribution in [0.2, 0.25) is 5.02 Å². The molecule has 0 aliphatic rings. The second-order valence-corrected chi connectivity index (χ2v) is 9.24. The number of nitrogens with one attached hydrogen (secondary N) is 3. The molecule has 0 atom stereocenters. The molecular weight excluding hydrogens is 489 g/mol. The van der Waals surface area contributed by atoms with E-state index in [1.165, 1.54) is 30.3 Å². The normalized spacial score (nSPS) is 11.1. The molecule has 1 amide bonds. The van der Waals surface area contributed by atoms with E-state index >= 15 is 0 Å². The summed E-state index contributed by atoms with van der Waals surface area (Å²) in [6, 6.07) is 13.4. The summed E-state index contributed by atoms with van der Waals surface area (Å²) in [5.41, 5.74) is 2.62. The topological polar surface area (TPSA) is 108 Å². The number of halogens is 2. The summed E-state index contributed by atoms with van der Waals surface area (Å²) in [4.78, 5) is 11.9. The quantitative estimate of drug-likeness (QED) is 0.270. The van der Waals surface area contributed by atoms with Crippen LogP contribution in [0.3, 0.4) is 0 Å². The number of aryl methyl sites for hydroxylation is 1. The van der Waals surface area contributed by atoms with Gasteiger partial charge in [0.1, 0.15) is 10.7 Å². The van der Waals surface area contributed by atoms with Crippen LogP contribution in [-0.4, -0.2) is 24.0 Å². The Morgan fingerprint density at radius 1 is 1.00 bits per heavy atom. The van der Waals surface area contributed by atoms with Crippen molar-refractivity contribution in [3.63, 3.8) is 0 Å². The highest BCUT2D eigenvalue weighted by atomic mass is 35.5. The Morgan fingerprint density at radius 3 is 2.30 bits per heavy atom. The number of carbonyl (C=O) groups is 1. The van der Waals surface area contributed by atoms with E-state index in [2.05, 4.69) is 16.0 Å². The van der Waals surface area contributed by atoms with E-state index in [9.17, 15) is 22.2 Å². The van der Waals surface area contributed by atoms with Crippen LogP contribution in [0.25, 0.3) is 0 Å². The summed E-state index contributed by atoms with van der Waals surface area (Å²) in [5, 5.41) is 8.67. The highest BCUT2D eigenvalue weighted by molar-refractivity contribution is 7.86. The Hall–Kier alpha value is -3.05. The van der Waals surface area contributed by atoms with Gasteiger partial charge in [0.05, 0.1) is 10.6 Å². The Morgan fingerprint density at radius 2 is 1.67 bits per heavy atom. The van der Waals surface area contributed by atoms with E-state index in [0.29, 0.717) is 28.2 Å². The van der Waals surface area contributed by atoms with Crippen molar-refractivity contribution in [2.75, 3.05) is 16.0 Å². The summed E-state index contributed by atoms with van der Waals surface area (Å²) >= 11 is 11.4. The Bertz CT molecular complexity index is 1360. The first kappa shape index (κ1) is 24.6. The second kappa shape index (κ2) is 9.84. The molecule has 0 radical (unpaired) electrons. The average Bonchev–Trinajstić information content (AvgIpc) is 2.72. The van der Waals surface area contributed by atoms with Crippen molar-refractivity contribution in [2.24, 2.45) is 0 Å². The van der Waals surface area contributed by atoms with Crippen LogP contribution in [0.1, 0.15) is 21.5 Å². The first-order valence-corrected chi connectivity index (χ1v) is 11.7. The first-order chi connectivity index (χ1) is 15.5. The molecule has 0 saturated carbocycles. The van der Waals surface area contributed by atoms with Gasteiger partial charge in [-0.25, -0.2) is 4.39 Å². The van der Waals surface area contributed by atoms with Gasteiger partial charge in [0.2, 0.25) is 0 Å². The van der Waals surface area contributed by atoms with Crippen molar-refractivity contribution in [2.45, 2.75) is 18.7 Å². The van der Waals surface area contributed by atoms with Gasteiger partial charge >= 0.3 is 0 Å². The SMILES string of the molecule is Cc1cc(NC(=S)Nc2ccc(S(=O)(=O)O)c(Cl)c2C)ccc1NC(=O)c1ccccc1F. The Labute approximate surface area is 200 Å². The minimum atomic E-state index is -4.45. The molecule has 11 heteroatoms. The van der Waals surface area contributed by atoms with Gasteiger partial charge in [0, 0.05) is 17.1 Å². The summed E-state index contributed by atoms with van der Waals surface area (Å²) in [6.45, 7) is 3.36. The maximum absolute atomic E-state index is 13.8. The second-order valence-electron chi connectivity index (χ2n) is 7.07. The van der Waals surface area contributed by atoms with Gasteiger partial charge in [-0.3, -0.25) is 9.35 Å².